The van der Waals surface area contributed by atoms with Crippen LogP contribution in [-0.4, -0.2) is 52.2 Å². The number of hydrogen-bond acceptors (Lipinski definition) is 4. The van der Waals surface area contributed by atoms with Gasteiger partial charge in [-0.25, -0.2) is 0 Å². The molecule has 0 radical (unpaired) electrons. The molecule has 0 amide bonds. The third-order valence-electron chi connectivity index (χ3n) is 8.60. The first kappa shape index (κ1) is 30.3. The van der Waals surface area contributed by atoms with Gasteiger partial charge in [-0.3, -0.25) is 0 Å². The molecule has 1 aliphatic rings. The molecular formula is C31H51NO3Si2. The van der Waals surface area contributed by atoms with E-state index in [9.17, 15) is 5.21 Å². The first-order valence-electron chi connectivity index (χ1n) is 14.2. The van der Waals surface area contributed by atoms with Crippen LogP contribution >= 0.6 is 0 Å². The molecule has 2 aromatic carbocycles. The predicted octanol–water partition coefficient (Wildman–Crippen LogP) is 6.98. The van der Waals surface area contributed by atoms with E-state index in [-0.39, 0.29) is 22.2 Å². The Morgan fingerprint density at radius 1 is 0.838 bits per heavy atom. The van der Waals surface area contributed by atoms with Crippen molar-refractivity contribution in [1.29, 1.82) is 0 Å². The number of piperidine rings is 1. The Balaban J connectivity index is 1.82. The fraction of sp³-hybridized carbons (Fsp3) is 0.613. The molecule has 0 aromatic heterocycles. The number of unbranched alkanes of at least 4 members (excludes halogenated alkanes) is 1. The van der Waals surface area contributed by atoms with Crippen molar-refractivity contribution in [1.82, 2.24) is 5.06 Å². The average molecular weight is 542 g/mol. The molecule has 1 saturated heterocycles. The zero-order valence-electron chi connectivity index (χ0n) is 24.6. The van der Waals surface area contributed by atoms with E-state index < -0.39 is 16.6 Å². The summed E-state index contributed by atoms with van der Waals surface area (Å²) in [5.74, 6) is 0. The molecule has 0 saturated carbocycles. The van der Waals surface area contributed by atoms with Crippen LogP contribution < -0.4 is 10.4 Å². The lowest BCUT2D eigenvalue weighted by molar-refractivity contribution is -0.173. The van der Waals surface area contributed by atoms with Crippen LogP contribution in [0.2, 0.25) is 23.2 Å². The standard InChI is InChI=1S/C31H51NO3Si2/c1-30(2,3)36(7,8)34-25-16-15-22-28-29(23-17-24-32(28)33)35-37(31(4,5)6,26-18-11-9-12-19-26)27-20-13-10-14-21-27/h9-14,18-21,28-29,33H,15-17,22-25H2,1-8H3/t28-,29+/m1/s1. The molecule has 0 aliphatic carbocycles. The Kier molecular flexibility index (Phi) is 10.0. The van der Waals surface area contributed by atoms with Gasteiger partial charge >= 0.3 is 0 Å². The van der Waals surface area contributed by atoms with E-state index in [1.54, 1.807) is 5.06 Å². The first-order valence-corrected chi connectivity index (χ1v) is 19.0. The second-order valence-corrected chi connectivity index (χ2v) is 22.4. The summed E-state index contributed by atoms with van der Waals surface area (Å²) >= 11 is 0. The highest BCUT2D eigenvalue weighted by Gasteiger charge is 2.52. The molecule has 2 atom stereocenters. The maximum absolute atomic E-state index is 11.0. The fourth-order valence-corrected chi connectivity index (χ4v) is 11.2. The van der Waals surface area contributed by atoms with E-state index in [2.05, 4.69) is 115 Å². The Morgan fingerprint density at radius 2 is 1.38 bits per heavy atom. The van der Waals surface area contributed by atoms with Crippen LogP contribution in [0.3, 0.4) is 0 Å². The molecule has 1 fully saturated rings. The summed E-state index contributed by atoms with van der Waals surface area (Å²) in [6, 6.07) is 21.7. The topological polar surface area (TPSA) is 41.9 Å². The maximum Gasteiger partial charge on any atom is 0.261 e. The summed E-state index contributed by atoms with van der Waals surface area (Å²) in [5, 5.41) is 15.3. The van der Waals surface area contributed by atoms with Crippen molar-refractivity contribution in [3.8, 4) is 0 Å². The summed E-state index contributed by atoms with van der Waals surface area (Å²) in [7, 11) is -4.39. The van der Waals surface area contributed by atoms with Crippen LogP contribution in [-0.2, 0) is 8.85 Å². The van der Waals surface area contributed by atoms with E-state index in [1.807, 2.05) is 0 Å². The van der Waals surface area contributed by atoms with E-state index >= 15 is 0 Å². The highest BCUT2D eigenvalue weighted by atomic mass is 28.4. The number of rotatable bonds is 10. The smallest absolute Gasteiger partial charge is 0.261 e. The summed E-state index contributed by atoms with van der Waals surface area (Å²) in [6.45, 7) is 20.0. The zero-order chi connectivity index (χ0) is 27.3. The molecule has 1 aliphatic heterocycles. The van der Waals surface area contributed by atoms with Gasteiger partial charge in [0.05, 0.1) is 12.1 Å². The van der Waals surface area contributed by atoms with Crippen LogP contribution in [0.15, 0.2) is 60.7 Å². The van der Waals surface area contributed by atoms with Gasteiger partial charge in [-0.05, 0) is 65.6 Å². The van der Waals surface area contributed by atoms with Crippen molar-refractivity contribution < 1.29 is 14.1 Å². The normalized spacial score (nSPS) is 20.2. The minimum atomic E-state index is -2.67. The molecule has 4 nitrogen and oxygen atoms in total. The van der Waals surface area contributed by atoms with Gasteiger partial charge in [-0.2, -0.15) is 5.06 Å². The number of nitrogens with zero attached hydrogens (tertiary/aromatic N) is 1. The van der Waals surface area contributed by atoms with Gasteiger partial charge in [0.1, 0.15) is 0 Å². The monoisotopic (exact) mass is 541 g/mol. The van der Waals surface area contributed by atoms with Crippen molar-refractivity contribution in [3.05, 3.63) is 60.7 Å². The van der Waals surface area contributed by atoms with Crippen LogP contribution in [0.4, 0.5) is 0 Å². The Morgan fingerprint density at radius 3 is 1.86 bits per heavy atom. The van der Waals surface area contributed by atoms with E-state index in [1.165, 1.54) is 10.4 Å². The molecule has 1 N–H and O–H groups in total. The molecule has 37 heavy (non-hydrogen) atoms. The van der Waals surface area contributed by atoms with Gasteiger partial charge in [0.2, 0.25) is 0 Å². The highest BCUT2D eigenvalue weighted by Crippen LogP contribution is 2.40. The lowest BCUT2D eigenvalue weighted by Crippen LogP contribution is -2.69. The summed E-state index contributed by atoms with van der Waals surface area (Å²) in [5.41, 5.74) is 0. The summed E-state index contributed by atoms with van der Waals surface area (Å²) in [6.07, 6.45) is 4.88. The summed E-state index contributed by atoms with van der Waals surface area (Å²) in [4.78, 5) is 0. The van der Waals surface area contributed by atoms with Gasteiger partial charge in [0, 0.05) is 13.2 Å². The van der Waals surface area contributed by atoms with Crippen molar-refractivity contribution in [2.45, 2.75) is 109 Å². The number of hydrogen-bond donors (Lipinski definition) is 1. The lowest BCUT2D eigenvalue weighted by Gasteiger charge is -2.48. The number of benzene rings is 2. The van der Waals surface area contributed by atoms with Crippen molar-refractivity contribution >= 4 is 27.0 Å². The van der Waals surface area contributed by atoms with E-state index in [4.69, 9.17) is 8.85 Å². The lowest BCUT2D eigenvalue weighted by atomic mass is 9.96. The van der Waals surface area contributed by atoms with E-state index in [0.29, 0.717) is 6.54 Å². The Bertz CT molecular complexity index is 914. The molecule has 0 unspecified atom stereocenters. The van der Waals surface area contributed by atoms with Crippen molar-refractivity contribution in [3.63, 3.8) is 0 Å². The molecular weight excluding hydrogens is 491 g/mol. The minimum absolute atomic E-state index is 0.00303. The third kappa shape index (κ3) is 7.03. The van der Waals surface area contributed by atoms with Crippen molar-refractivity contribution in [2.75, 3.05) is 13.2 Å². The van der Waals surface area contributed by atoms with Crippen LogP contribution in [0.5, 0.6) is 0 Å². The van der Waals surface area contributed by atoms with Gasteiger partial charge < -0.3 is 14.1 Å². The van der Waals surface area contributed by atoms with Gasteiger partial charge in [-0.15, -0.1) is 0 Å². The molecule has 2 aromatic rings. The molecule has 6 heteroatoms. The van der Waals surface area contributed by atoms with Gasteiger partial charge in [0.25, 0.3) is 8.32 Å². The maximum atomic E-state index is 11.0. The molecule has 3 rings (SSSR count). The van der Waals surface area contributed by atoms with Gasteiger partial charge in [-0.1, -0.05) is 102 Å². The second-order valence-electron chi connectivity index (χ2n) is 13.3. The van der Waals surface area contributed by atoms with Crippen LogP contribution in [0, 0.1) is 0 Å². The molecule has 1 heterocycles. The Hall–Kier alpha value is -1.29. The zero-order valence-corrected chi connectivity index (χ0v) is 26.6. The first-order chi connectivity index (χ1) is 17.3. The fourth-order valence-electron chi connectivity index (χ4n) is 5.39. The van der Waals surface area contributed by atoms with Crippen molar-refractivity contribution in [2.24, 2.45) is 0 Å². The third-order valence-corrected chi connectivity index (χ3v) is 18.2. The van der Waals surface area contributed by atoms with Crippen LogP contribution in [0.25, 0.3) is 0 Å². The van der Waals surface area contributed by atoms with Crippen LogP contribution in [0.1, 0.15) is 73.6 Å². The highest BCUT2D eigenvalue weighted by molar-refractivity contribution is 6.99. The Labute approximate surface area is 228 Å². The second kappa shape index (κ2) is 12.3. The molecule has 206 valence electrons. The predicted molar refractivity (Wildman–Crippen MR) is 161 cm³/mol. The SMILES string of the molecule is CC(C)(C)[Si](C)(C)OCCCC[C@@H]1[C@@H](O[Si](c2ccccc2)(c2ccccc2)C(C)(C)C)CCCN1O. The summed E-state index contributed by atoms with van der Waals surface area (Å²) < 4.78 is 13.9. The van der Waals surface area contributed by atoms with Gasteiger partial charge in [0.15, 0.2) is 8.32 Å². The average Bonchev–Trinajstić information content (AvgIpc) is 2.83. The largest absolute Gasteiger partial charge is 0.417 e. The number of hydroxylamine groups is 2. The van der Waals surface area contributed by atoms with E-state index in [0.717, 1.165) is 38.7 Å². The molecule has 0 bridgehead atoms. The minimum Gasteiger partial charge on any atom is -0.417 e. The quantitative estimate of drug-likeness (QED) is 0.260. The molecule has 0 spiro atoms.